The number of anilines is 1. The Morgan fingerprint density at radius 2 is 2.10 bits per heavy atom. The lowest BCUT2D eigenvalue weighted by Gasteiger charge is -2.19. The number of aromatic nitrogens is 1. The largest absolute Gasteiger partial charge is 0.497 e. The van der Waals surface area contributed by atoms with E-state index >= 15 is 0 Å². The fourth-order valence-corrected chi connectivity index (χ4v) is 3.51. The smallest absolute Gasteiger partial charge is 0.319 e. The molecular formula is C20H16FN3O4S. The van der Waals surface area contributed by atoms with Crippen LogP contribution in [0, 0.1) is 5.82 Å². The molecule has 9 heteroatoms. The standard InChI is InChI=1S/C20H16FN3O4S/c1-26-15-5-2-13(3-6-15)11-22-24(19(25)17-12-27-8-9-28-17)20-23-16-7-4-14(21)10-18(16)29-20/h2-7,10-12H,8-9H2,1H3/b22-11+. The Hall–Kier alpha value is -3.46. The third-order valence-corrected chi connectivity index (χ3v) is 5.00. The van der Waals surface area contributed by atoms with E-state index in [0.29, 0.717) is 22.6 Å². The number of nitrogens with zero attached hydrogens (tertiary/aromatic N) is 3. The molecule has 4 rings (SSSR count). The van der Waals surface area contributed by atoms with Crippen LogP contribution in [0.3, 0.4) is 0 Å². The van der Waals surface area contributed by atoms with Gasteiger partial charge in [0.05, 0.1) is 23.5 Å². The van der Waals surface area contributed by atoms with Gasteiger partial charge in [-0.2, -0.15) is 10.1 Å². The summed E-state index contributed by atoms with van der Waals surface area (Å²) < 4.78 is 29.9. The van der Waals surface area contributed by atoms with E-state index in [-0.39, 0.29) is 23.3 Å². The van der Waals surface area contributed by atoms with Gasteiger partial charge in [0.15, 0.2) is 0 Å². The molecule has 0 saturated heterocycles. The van der Waals surface area contributed by atoms with Crippen molar-refractivity contribution in [2.24, 2.45) is 5.10 Å². The van der Waals surface area contributed by atoms with Crippen molar-refractivity contribution in [3.05, 3.63) is 65.9 Å². The summed E-state index contributed by atoms with van der Waals surface area (Å²) in [6.45, 7) is 0.630. The van der Waals surface area contributed by atoms with E-state index in [0.717, 1.165) is 21.9 Å². The molecule has 29 heavy (non-hydrogen) atoms. The summed E-state index contributed by atoms with van der Waals surface area (Å²) in [5.74, 6) is -0.178. The van der Waals surface area contributed by atoms with Crippen molar-refractivity contribution in [2.75, 3.05) is 25.3 Å². The summed E-state index contributed by atoms with van der Waals surface area (Å²) >= 11 is 1.15. The van der Waals surface area contributed by atoms with Crippen LogP contribution >= 0.6 is 11.3 Å². The van der Waals surface area contributed by atoms with Crippen molar-refractivity contribution in [1.82, 2.24) is 4.98 Å². The number of hydrazone groups is 1. The Morgan fingerprint density at radius 3 is 2.83 bits per heavy atom. The molecule has 2 heterocycles. The van der Waals surface area contributed by atoms with Crippen molar-refractivity contribution in [2.45, 2.75) is 0 Å². The van der Waals surface area contributed by atoms with Gasteiger partial charge < -0.3 is 14.2 Å². The quantitative estimate of drug-likeness (QED) is 0.471. The summed E-state index contributed by atoms with van der Waals surface area (Å²) in [5, 5.41) is 5.71. The first-order valence-electron chi connectivity index (χ1n) is 8.67. The third-order valence-electron chi connectivity index (χ3n) is 4.01. The van der Waals surface area contributed by atoms with Crippen LogP contribution in [0.2, 0.25) is 0 Å². The van der Waals surface area contributed by atoms with E-state index < -0.39 is 5.91 Å². The molecule has 0 aliphatic carbocycles. The van der Waals surface area contributed by atoms with Gasteiger partial charge in [-0.1, -0.05) is 11.3 Å². The number of benzene rings is 2. The molecule has 7 nitrogen and oxygen atoms in total. The van der Waals surface area contributed by atoms with E-state index in [1.165, 1.54) is 24.6 Å². The molecule has 1 aliphatic rings. The molecule has 1 aromatic heterocycles. The molecule has 1 amide bonds. The second-order valence-corrected chi connectivity index (χ2v) is 6.95. The average molecular weight is 413 g/mol. The summed E-state index contributed by atoms with van der Waals surface area (Å²) in [7, 11) is 1.58. The van der Waals surface area contributed by atoms with E-state index in [2.05, 4.69) is 10.1 Å². The number of carbonyl (C=O) groups excluding carboxylic acids is 1. The van der Waals surface area contributed by atoms with Gasteiger partial charge in [-0.15, -0.1) is 0 Å². The van der Waals surface area contributed by atoms with Crippen molar-refractivity contribution >= 4 is 38.8 Å². The van der Waals surface area contributed by atoms with Crippen molar-refractivity contribution in [3.8, 4) is 5.75 Å². The number of fused-ring (bicyclic) bond motifs is 1. The van der Waals surface area contributed by atoms with Crippen LogP contribution in [0.4, 0.5) is 9.52 Å². The number of hydrogen-bond acceptors (Lipinski definition) is 7. The first kappa shape index (κ1) is 18.9. The number of rotatable bonds is 5. The Kier molecular flexibility index (Phi) is 5.39. The van der Waals surface area contributed by atoms with Gasteiger partial charge in [0.25, 0.3) is 0 Å². The number of ether oxygens (including phenoxy) is 3. The van der Waals surface area contributed by atoms with Gasteiger partial charge in [0.2, 0.25) is 10.9 Å². The highest BCUT2D eigenvalue weighted by molar-refractivity contribution is 7.22. The minimum Gasteiger partial charge on any atom is -0.497 e. The van der Waals surface area contributed by atoms with Gasteiger partial charge in [0, 0.05) is 0 Å². The minimum absolute atomic E-state index is 0.0218. The number of halogens is 1. The summed E-state index contributed by atoms with van der Waals surface area (Å²) in [6, 6.07) is 11.4. The lowest BCUT2D eigenvalue weighted by Crippen LogP contribution is -2.30. The zero-order valence-corrected chi connectivity index (χ0v) is 16.2. The van der Waals surface area contributed by atoms with Crippen LogP contribution < -0.4 is 9.75 Å². The normalized spacial score (nSPS) is 13.7. The Balaban J connectivity index is 1.70. The molecule has 3 aromatic rings. The molecule has 0 radical (unpaired) electrons. The maximum atomic E-state index is 13.5. The van der Waals surface area contributed by atoms with Crippen molar-refractivity contribution in [3.63, 3.8) is 0 Å². The molecule has 0 atom stereocenters. The maximum Gasteiger partial charge on any atom is 0.319 e. The zero-order chi connectivity index (χ0) is 20.2. The van der Waals surface area contributed by atoms with Crippen molar-refractivity contribution < 1.29 is 23.4 Å². The molecule has 0 unspecified atom stereocenters. The van der Waals surface area contributed by atoms with Crippen LogP contribution in [0.1, 0.15) is 5.56 Å². The van der Waals surface area contributed by atoms with E-state index in [1.807, 2.05) is 0 Å². The number of thiazole rings is 1. The molecule has 0 bridgehead atoms. The Bertz CT molecular complexity index is 1090. The highest BCUT2D eigenvalue weighted by atomic mass is 32.1. The van der Waals surface area contributed by atoms with E-state index in [4.69, 9.17) is 14.2 Å². The number of carbonyl (C=O) groups is 1. The predicted octanol–water partition coefficient (Wildman–Crippen LogP) is 3.70. The molecule has 2 aromatic carbocycles. The minimum atomic E-state index is -0.533. The van der Waals surface area contributed by atoms with Gasteiger partial charge >= 0.3 is 5.91 Å². The predicted molar refractivity (Wildman–Crippen MR) is 108 cm³/mol. The van der Waals surface area contributed by atoms with Gasteiger partial charge in [-0.3, -0.25) is 4.79 Å². The summed E-state index contributed by atoms with van der Waals surface area (Å²) in [4.78, 5) is 17.4. The first-order chi connectivity index (χ1) is 14.1. The monoisotopic (exact) mass is 413 g/mol. The number of amides is 1. The first-order valence-corrected chi connectivity index (χ1v) is 9.49. The van der Waals surface area contributed by atoms with Crippen LogP contribution in [0.25, 0.3) is 10.2 Å². The molecular weight excluding hydrogens is 397 g/mol. The Labute approximate surface area is 169 Å². The highest BCUT2D eigenvalue weighted by Gasteiger charge is 2.26. The molecule has 0 spiro atoms. The second kappa shape index (κ2) is 8.27. The molecule has 1 aliphatic heterocycles. The maximum absolute atomic E-state index is 13.5. The van der Waals surface area contributed by atoms with Crippen LogP contribution in [0.15, 0.2) is 59.6 Å². The van der Waals surface area contributed by atoms with E-state index in [9.17, 15) is 9.18 Å². The van der Waals surface area contributed by atoms with Gasteiger partial charge in [0.1, 0.15) is 31.0 Å². The third kappa shape index (κ3) is 4.19. The van der Waals surface area contributed by atoms with Crippen LogP contribution in [-0.2, 0) is 14.3 Å². The lowest BCUT2D eigenvalue weighted by atomic mass is 10.2. The van der Waals surface area contributed by atoms with Crippen molar-refractivity contribution in [1.29, 1.82) is 0 Å². The molecule has 0 N–H and O–H groups in total. The highest BCUT2D eigenvalue weighted by Crippen LogP contribution is 2.30. The average Bonchev–Trinajstić information content (AvgIpc) is 3.17. The fraction of sp³-hybridized carbons (Fsp3) is 0.150. The summed E-state index contributed by atoms with van der Waals surface area (Å²) in [6.07, 6.45) is 2.78. The van der Waals surface area contributed by atoms with Crippen LogP contribution in [0.5, 0.6) is 5.75 Å². The van der Waals surface area contributed by atoms with Gasteiger partial charge in [-0.05, 0) is 48.0 Å². The summed E-state index contributed by atoms with van der Waals surface area (Å²) in [5.41, 5.74) is 1.32. The zero-order valence-electron chi connectivity index (χ0n) is 15.4. The fourth-order valence-electron chi connectivity index (χ4n) is 2.56. The Morgan fingerprint density at radius 1 is 1.28 bits per heavy atom. The molecule has 0 fully saturated rings. The van der Waals surface area contributed by atoms with Crippen LogP contribution in [-0.4, -0.2) is 37.4 Å². The second-order valence-electron chi connectivity index (χ2n) is 5.94. The number of methoxy groups -OCH3 is 1. The SMILES string of the molecule is COc1ccc(/C=N/N(C(=O)C2=COCCO2)c2nc3ccc(F)cc3s2)cc1. The lowest BCUT2D eigenvalue weighted by molar-refractivity contribution is -0.119. The van der Waals surface area contributed by atoms with E-state index in [1.54, 1.807) is 37.4 Å². The molecule has 148 valence electrons. The van der Waals surface area contributed by atoms with Gasteiger partial charge in [-0.25, -0.2) is 9.37 Å². The topological polar surface area (TPSA) is 73.2 Å². The molecule has 0 saturated carbocycles. The number of hydrogen-bond donors (Lipinski definition) is 0.